The highest BCUT2D eigenvalue weighted by Gasteiger charge is 2.45. The second kappa shape index (κ2) is 6.34. The Labute approximate surface area is 129 Å². The first-order valence-corrected chi connectivity index (χ1v) is 7.58. The Kier molecular flexibility index (Phi) is 4.69. The minimum Gasteiger partial charge on any atom is -0.300 e. The quantitative estimate of drug-likeness (QED) is 0.758. The van der Waals surface area contributed by atoms with Crippen molar-refractivity contribution < 1.29 is 19.2 Å². The van der Waals surface area contributed by atoms with Crippen molar-refractivity contribution in [1.82, 2.24) is 0 Å². The van der Waals surface area contributed by atoms with Crippen molar-refractivity contribution in [3.8, 4) is 0 Å². The summed E-state index contributed by atoms with van der Waals surface area (Å²) in [6, 6.07) is 5.26. The second-order valence-corrected chi connectivity index (χ2v) is 5.86. The zero-order chi connectivity index (χ0) is 16.4. The number of hydrogen-bond acceptors (Lipinski definition) is 4. The highest BCUT2D eigenvalue weighted by Crippen LogP contribution is 2.36. The summed E-state index contributed by atoms with van der Waals surface area (Å²) in [5.74, 6) is -2.46. The summed E-state index contributed by atoms with van der Waals surface area (Å²) < 4.78 is 0. The molecule has 4 nitrogen and oxygen atoms in total. The minimum atomic E-state index is -0.959. The molecule has 4 heteroatoms. The third-order valence-corrected chi connectivity index (χ3v) is 4.34. The average Bonchev–Trinajstić information content (AvgIpc) is 2.72. The Bertz CT molecular complexity index is 657. The van der Waals surface area contributed by atoms with Gasteiger partial charge in [-0.1, -0.05) is 25.1 Å². The summed E-state index contributed by atoms with van der Waals surface area (Å²) in [5, 5.41) is 0. The van der Waals surface area contributed by atoms with E-state index in [4.69, 9.17) is 0 Å². The molecule has 1 aliphatic rings. The van der Waals surface area contributed by atoms with Gasteiger partial charge < -0.3 is 4.79 Å². The highest BCUT2D eigenvalue weighted by atomic mass is 16.2. The van der Waals surface area contributed by atoms with E-state index >= 15 is 0 Å². The summed E-state index contributed by atoms with van der Waals surface area (Å²) in [7, 11) is 0. The largest absolute Gasteiger partial charge is 0.300 e. The van der Waals surface area contributed by atoms with Crippen LogP contribution in [0.3, 0.4) is 0 Å². The molecule has 0 aliphatic heterocycles. The SMILES string of the molecule is CCc1cccc2c1C(=O)C(C(CCC(C)=O)C(C)=O)C2=O. The van der Waals surface area contributed by atoms with Crippen LogP contribution in [0.2, 0.25) is 0 Å². The topological polar surface area (TPSA) is 68.3 Å². The molecule has 0 saturated heterocycles. The van der Waals surface area contributed by atoms with Gasteiger partial charge in [-0.2, -0.15) is 0 Å². The first-order chi connectivity index (χ1) is 10.4. The van der Waals surface area contributed by atoms with Crippen molar-refractivity contribution in [3.05, 3.63) is 34.9 Å². The number of hydrogen-bond donors (Lipinski definition) is 0. The number of Topliss-reactive ketones (excluding diaryl/α,β-unsaturated/α-hetero) is 4. The van der Waals surface area contributed by atoms with E-state index in [1.165, 1.54) is 13.8 Å². The van der Waals surface area contributed by atoms with Gasteiger partial charge in [0.25, 0.3) is 0 Å². The third kappa shape index (κ3) is 2.78. The Balaban J connectivity index is 2.41. The Morgan fingerprint density at radius 2 is 1.82 bits per heavy atom. The standard InChI is InChI=1S/C18H20O4/c1-4-12-6-5-7-14-15(12)18(22)16(17(14)21)13(11(3)20)9-8-10(2)19/h5-7,13,16H,4,8-9H2,1-3H3. The molecule has 0 spiro atoms. The van der Waals surface area contributed by atoms with Crippen molar-refractivity contribution in [3.63, 3.8) is 0 Å². The molecule has 1 aromatic rings. The zero-order valence-electron chi connectivity index (χ0n) is 13.1. The van der Waals surface area contributed by atoms with Gasteiger partial charge >= 0.3 is 0 Å². The Hall–Kier alpha value is -2.10. The summed E-state index contributed by atoms with van der Waals surface area (Å²) in [6.45, 7) is 4.76. The fraction of sp³-hybridized carbons (Fsp3) is 0.444. The number of aryl methyl sites for hydroxylation is 1. The fourth-order valence-corrected chi connectivity index (χ4v) is 3.16. The van der Waals surface area contributed by atoms with Gasteiger partial charge in [0, 0.05) is 23.5 Å². The molecule has 0 radical (unpaired) electrons. The van der Waals surface area contributed by atoms with Crippen LogP contribution in [0.15, 0.2) is 18.2 Å². The maximum atomic E-state index is 12.7. The first kappa shape index (κ1) is 16.3. The number of fused-ring (bicyclic) bond motifs is 1. The van der Waals surface area contributed by atoms with Crippen molar-refractivity contribution in [2.75, 3.05) is 0 Å². The maximum Gasteiger partial charge on any atom is 0.175 e. The third-order valence-electron chi connectivity index (χ3n) is 4.34. The molecule has 0 saturated carbocycles. The highest BCUT2D eigenvalue weighted by molar-refractivity contribution is 6.28. The van der Waals surface area contributed by atoms with Crippen molar-refractivity contribution in [2.24, 2.45) is 11.8 Å². The minimum absolute atomic E-state index is 0.0455. The van der Waals surface area contributed by atoms with Gasteiger partial charge in [0.15, 0.2) is 11.6 Å². The normalized spacial score (nSPS) is 18.2. The number of carbonyl (C=O) groups is 4. The number of benzene rings is 1. The zero-order valence-corrected chi connectivity index (χ0v) is 13.1. The molecular formula is C18H20O4. The number of carbonyl (C=O) groups excluding carboxylic acids is 4. The molecule has 0 fully saturated rings. The summed E-state index contributed by atoms with van der Waals surface area (Å²) in [6.07, 6.45) is 1.12. The predicted molar refractivity (Wildman–Crippen MR) is 82.1 cm³/mol. The average molecular weight is 300 g/mol. The number of rotatable bonds is 6. The molecule has 2 rings (SSSR count). The number of ketones is 4. The van der Waals surface area contributed by atoms with Crippen molar-refractivity contribution in [1.29, 1.82) is 0 Å². The molecule has 0 aromatic heterocycles. The molecule has 0 heterocycles. The van der Waals surface area contributed by atoms with E-state index < -0.39 is 11.8 Å². The van der Waals surface area contributed by atoms with Gasteiger partial charge in [-0.05, 0) is 32.3 Å². The van der Waals surface area contributed by atoms with Gasteiger partial charge in [0.2, 0.25) is 0 Å². The molecule has 116 valence electrons. The monoisotopic (exact) mass is 300 g/mol. The summed E-state index contributed by atoms with van der Waals surface area (Å²) in [5.41, 5.74) is 1.73. The fourth-order valence-electron chi connectivity index (χ4n) is 3.16. The van der Waals surface area contributed by atoms with E-state index in [0.29, 0.717) is 17.5 Å². The van der Waals surface area contributed by atoms with Gasteiger partial charge in [-0.15, -0.1) is 0 Å². The molecule has 0 bridgehead atoms. The lowest BCUT2D eigenvalue weighted by Gasteiger charge is -2.18. The van der Waals surface area contributed by atoms with Crippen LogP contribution in [0.5, 0.6) is 0 Å². The molecular weight excluding hydrogens is 280 g/mol. The smallest absolute Gasteiger partial charge is 0.175 e. The predicted octanol–water partition coefficient (Wildman–Crippen LogP) is 2.82. The van der Waals surface area contributed by atoms with Gasteiger partial charge in [0.1, 0.15) is 11.6 Å². The summed E-state index contributed by atoms with van der Waals surface area (Å²) in [4.78, 5) is 48.4. The van der Waals surface area contributed by atoms with Crippen LogP contribution in [-0.2, 0) is 16.0 Å². The lowest BCUT2D eigenvalue weighted by molar-refractivity contribution is -0.122. The lowest BCUT2D eigenvalue weighted by Crippen LogP contribution is -2.30. The van der Waals surface area contributed by atoms with E-state index in [2.05, 4.69) is 0 Å². The van der Waals surface area contributed by atoms with Crippen LogP contribution >= 0.6 is 0 Å². The van der Waals surface area contributed by atoms with Crippen molar-refractivity contribution in [2.45, 2.75) is 40.0 Å². The molecule has 0 N–H and O–H groups in total. The van der Waals surface area contributed by atoms with Gasteiger partial charge in [0.05, 0.1) is 5.92 Å². The molecule has 22 heavy (non-hydrogen) atoms. The van der Waals surface area contributed by atoms with Crippen LogP contribution < -0.4 is 0 Å². The lowest BCUT2D eigenvalue weighted by atomic mass is 9.81. The molecule has 2 atom stereocenters. The molecule has 1 aromatic carbocycles. The Morgan fingerprint density at radius 3 is 2.36 bits per heavy atom. The maximum absolute atomic E-state index is 12.7. The van der Waals surface area contributed by atoms with Gasteiger partial charge in [-0.3, -0.25) is 14.4 Å². The Morgan fingerprint density at radius 1 is 1.14 bits per heavy atom. The van der Waals surface area contributed by atoms with Crippen LogP contribution in [-0.4, -0.2) is 23.1 Å². The van der Waals surface area contributed by atoms with Crippen LogP contribution in [0.4, 0.5) is 0 Å². The summed E-state index contributed by atoms with van der Waals surface area (Å²) >= 11 is 0. The van der Waals surface area contributed by atoms with Crippen molar-refractivity contribution >= 4 is 23.1 Å². The molecule has 0 amide bonds. The second-order valence-electron chi connectivity index (χ2n) is 5.86. The van der Waals surface area contributed by atoms with E-state index in [9.17, 15) is 19.2 Å². The van der Waals surface area contributed by atoms with Crippen LogP contribution in [0, 0.1) is 11.8 Å². The van der Waals surface area contributed by atoms with E-state index in [1.54, 1.807) is 12.1 Å². The van der Waals surface area contributed by atoms with E-state index in [0.717, 1.165) is 5.56 Å². The van der Waals surface area contributed by atoms with E-state index in [-0.39, 0.29) is 36.0 Å². The molecule has 1 aliphatic carbocycles. The first-order valence-electron chi connectivity index (χ1n) is 7.58. The van der Waals surface area contributed by atoms with E-state index in [1.807, 2.05) is 13.0 Å². The van der Waals surface area contributed by atoms with Crippen LogP contribution in [0.25, 0.3) is 0 Å². The molecule has 2 unspecified atom stereocenters. The van der Waals surface area contributed by atoms with Crippen LogP contribution in [0.1, 0.15) is 59.9 Å². The van der Waals surface area contributed by atoms with Gasteiger partial charge in [-0.25, -0.2) is 0 Å².